The minimum atomic E-state index is 0.0257. The number of ketones is 1. The summed E-state index contributed by atoms with van der Waals surface area (Å²) in [5, 5.41) is 8.75. The van der Waals surface area contributed by atoms with E-state index in [1.165, 1.54) is 16.7 Å². The van der Waals surface area contributed by atoms with Gasteiger partial charge in [0, 0.05) is 19.5 Å². The van der Waals surface area contributed by atoms with Crippen LogP contribution in [0.1, 0.15) is 50.5 Å². The molecule has 35 heavy (non-hydrogen) atoms. The van der Waals surface area contributed by atoms with Crippen LogP contribution in [0.5, 0.6) is 5.75 Å². The third kappa shape index (κ3) is 7.20. The number of carbonyl (C=O) groups is 1. The van der Waals surface area contributed by atoms with Crippen LogP contribution >= 0.6 is 0 Å². The van der Waals surface area contributed by atoms with Gasteiger partial charge >= 0.3 is 0 Å². The first kappa shape index (κ1) is 24.5. The smallest absolute Gasteiger partial charge is 0.146 e. The highest BCUT2D eigenvalue weighted by atomic mass is 16.5. The fourth-order valence-corrected chi connectivity index (χ4v) is 4.82. The highest BCUT2D eigenvalue weighted by Crippen LogP contribution is 2.32. The molecule has 0 saturated carbocycles. The van der Waals surface area contributed by atoms with Gasteiger partial charge in [0.05, 0.1) is 24.8 Å². The number of nitriles is 1. The summed E-state index contributed by atoms with van der Waals surface area (Å²) < 4.78 is 6.27. The van der Waals surface area contributed by atoms with Crippen LogP contribution in [0.4, 0.5) is 5.69 Å². The minimum absolute atomic E-state index is 0.0257. The van der Waals surface area contributed by atoms with E-state index in [1.54, 1.807) is 0 Å². The zero-order chi connectivity index (χ0) is 24.3. The van der Waals surface area contributed by atoms with Gasteiger partial charge in [-0.05, 0) is 54.0 Å². The molecule has 0 radical (unpaired) electrons. The van der Waals surface area contributed by atoms with Crippen molar-refractivity contribution in [2.45, 2.75) is 51.5 Å². The summed E-state index contributed by atoms with van der Waals surface area (Å²) in [6, 6.07) is 29.6. The maximum absolute atomic E-state index is 11.8. The molecule has 4 rings (SSSR count). The summed E-state index contributed by atoms with van der Waals surface area (Å²) >= 11 is 0. The fraction of sp³-hybridized carbons (Fsp3) is 0.355. The van der Waals surface area contributed by atoms with Gasteiger partial charge in [-0.15, -0.1) is 0 Å². The van der Waals surface area contributed by atoms with Crippen LogP contribution in [0.15, 0.2) is 78.9 Å². The van der Waals surface area contributed by atoms with Gasteiger partial charge in [0.2, 0.25) is 0 Å². The summed E-state index contributed by atoms with van der Waals surface area (Å²) in [5.41, 5.74) is 4.89. The van der Waals surface area contributed by atoms with Crippen LogP contribution in [0.3, 0.4) is 0 Å². The molecule has 180 valence electrons. The zero-order valence-corrected chi connectivity index (χ0v) is 20.4. The molecule has 1 atom stereocenters. The standard InChI is InChI=1S/C31H34N2O2/c32-21-19-29(34)18-15-25-8-6-7-22-33(30-11-4-5-12-31(30)35-23-20-25)24-26-13-16-28(17-14-26)27-9-2-1-3-10-27/h1-5,9-14,16-17,25H,6-8,15,18-20,22-24H2. The second kappa shape index (κ2) is 12.8. The summed E-state index contributed by atoms with van der Waals surface area (Å²) in [5.74, 6) is 1.44. The highest BCUT2D eigenvalue weighted by Gasteiger charge is 2.17. The topological polar surface area (TPSA) is 53.3 Å². The lowest BCUT2D eigenvalue weighted by Gasteiger charge is -2.27. The second-order valence-corrected chi connectivity index (χ2v) is 9.36. The van der Waals surface area contributed by atoms with Gasteiger partial charge in [0.25, 0.3) is 0 Å². The molecule has 0 bridgehead atoms. The lowest BCUT2D eigenvalue weighted by atomic mass is 9.92. The Balaban J connectivity index is 1.44. The van der Waals surface area contributed by atoms with E-state index in [4.69, 9.17) is 10.00 Å². The average Bonchev–Trinajstić information content (AvgIpc) is 2.93. The normalized spacial score (nSPS) is 16.3. The fourth-order valence-electron chi connectivity index (χ4n) is 4.82. The Morgan fingerprint density at radius 2 is 1.66 bits per heavy atom. The lowest BCUT2D eigenvalue weighted by Crippen LogP contribution is -2.24. The third-order valence-corrected chi connectivity index (χ3v) is 6.82. The molecule has 0 saturated heterocycles. The van der Waals surface area contributed by atoms with E-state index in [2.05, 4.69) is 71.6 Å². The van der Waals surface area contributed by atoms with Crippen molar-refractivity contribution in [3.05, 3.63) is 84.4 Å². The number of nitrogens with zero attached hydrogens (tertiary/aromatic N) is 2. The van der Waals surface area contributed by atoms with Crippen LogP contribution in [-0.2, 0) is 11.3 Å². The first-order valence-corrected chi connectivity index (χ1v) is 12.7. The van der Waals surface area contributed by atoms with Crippen molar-refractivity contribution in [3.8, 4) is 22.9 Å². The van der Waals surface area contributed by atoms with Crippen LogP contribution in [-0.4, -0.2) is 18.9 Å². The van der Waals surface area contributed by atoms with Gasteiger partial charge in [-0.1, -0.05) is 79.6 Å². The van der Waals surface area contributed by atoms with Crippen LogP contribution in [0.25, 0.3) is 11.1 Å². The molecule has 4 heteroatoms. The van der Waals surface area contributed by atoms with Gasteiger partial charge in [-0.3, -0.25) is 4.79 Å². The molecular weight excluding hydrogens is 432 g/mol. The number of hydrogen-bond donors (Lipinski definition) is 0. The number of Topliss-reactive ketones (excluding diaryl/α,β-unsaturated/α-hetero) is 1. The third-order valence-electron chi connectivity index (χ3n) is 6.82. The number of rotatable bonds is 7. The largest absolute Gasteiger partial charge is 0.491 e. The van der Waals surface area contributed by atoms with Gasteiger partial charge < -0.3 is 9.64 Å². The molecule has 0 aromatic heterocycles. The van der Waals surface area contributed by atoms with Gasteiger partial charge in [0.15, 0.2) is 0 Å². The summed E-state index contributed by atoms with van der Waals surface area (Å²) in [6.07, 6.45) is 5.64. The summed E-state index contributed by atoms with van der Waals surface area (Å²) in [4.78, 5) is 14.3. The molecule has 1 aliphatic heterocycles. The maximum Gasteiger partial charge on any atom is 0.146 e. The molecule has 1 heterocycles. The number of benzene rings is 3. The summed E-state index contributed by atoms with van der Waals surface area (Å²) in [7, 11) is 0. The molecule has 0 fully saturated rings. The van der Waals surface area contributed by atoms with Crippen molar-refractivity contribution < 1.29 is 9.53 Å². The molecular formula is C31H34N2O2. The van der Waals surface area contributed by atoms with Crippen molar-refractivity contribution in [2.75, 3.05) is 18.1 Å². The van der Waals surface area contributed by atoms with Crippen molar-refractivity contribution in [1.82, 2.24) is 0 Å². The quantitative estimate of drug-likeness (QED) is 0.370. The van der Waals surface area contributed by atoms with E-state index in [1.807, 2.05) is 18.2 Å². The molecule has 0 spiro atoms. The number of carbonyl (C=O) groups excluding carboxylic acids is 1. The Labute approximate surface area is 209 Å². The number of fused-ring (bicyclic) bond motifs is 1. The van der Waals surface area contributed by atoms with E-state index in [-0.39, 0.29) is 12.2 Å². The Morgan fingerprint density at radius 3 is 2.46 bits per heavy atom. The Morgan fingerprint density at radius 1 is 0.914 bits per heavy atom. The van der Waals surface area contributed by atoms with E-state index in [9.17, 15) is 4.79 Å². The van der Waals surface area contributed by atoms with Crippen LogP contribution < -0.4 is 9.64 Å². The van der Waals surface area contributed by atoms with Crippen molar-refractivity contribution in [3.63, 3.8) is 0 Å². The molecule has 3 aromatic rings. The molecule has 0 aliphatic carbocycles. The van der Waals surface area contributed by atoms with Crippen molar-refractivity contribution in [2.24, 2.45) is 5.92 Å². The van der Waals surface area contributed by atoms with Crippen molar-refractivity contribution in [1.29, 1.82) is 5.26 Å². The number of hydrogen-bond acceptors (Lipinski definition) is 4. The Kier molecular flexibility index (Phi) is 8.95. The minimum Gasteiger partial charge on any atom is -0.491 e. The van der Waals surface area contributed by atoms with E-state index in [0.29, 0.717) is 18.9 Å². The lowest BCUT2D eigenvalue weighted by molar-refractivity contribution is -0.118. The van der Waals surface area contributed by atoms with Gasteiger partial charge in [-0.2, -0.15) is 5.26 Å². The molecule has 0 amide bonds. The molecule has 0 N–H and O–H groups in total. The molecule has 1 aliphatic rings. The predicted molar refractivity (Wildman–Crippen MR) is 141 cm³/mol. The van der Waals surface area contributed by atoms with Gasteiger partial charge in [0.1, 0.15) is 11.5 Å². The number of anilines is 1. The highest BCUT2D eigenvalue weighted by molar-refractivity contribution is 5.80. The molecule has 4 nitrogen and oxygen atoms in total. The van der Waals surface area contributed by atoms with E-state index >= 15 is 0 Å². The number of ether oxygens (including phenoxy) is 1. The zero-order valence-electron chi connectivity index (χ0n) is 20.4. The first-order valence-electron chi connectivity index (χ1n) is 12.7. The first-order chi connectivity index (χ1) is 17.2. The maximum atomic E-state index is 11.8. The van der Waals surface area contributed by atoms with Crippen molar-refractivity contribution >= 4 is 11.5 Å². The molecule has 1 unspecified atom stereocenters. The van der Waals surface area contributed by atoms with E-state index < -0.39 is 0 Å². The monoisotopic (exact) mass is 466 g/mol. The van der Waals surface area contributed by atoms with Crippen LogP contribution in [0.2, 0.25) is 0 Å². The Hall–Kier alpha value is -3.58. The predicted octanol–water partition coefficient (Wildman–Crippen LogP) is 7.19. The van der Waals surface area contributed by atoms with Crippen LogP contribution in [0, 0.1) is 17.2 Å². The number of para-hydroxylation sites is 2. The van der Waals surface area contributed by atoms with E-state index in [0.717, 1.165) is 56.6 Å². The molecule has 3 aromatic carbocycles. The summed E-state index contributed by atoms with van der Waals surface area (Å²) in [6.45, 7) is 2.44. The average molecular weight is 467 g/mol. The Bertz CT molecular complexity index is 1120. The SMILES string of the molecule is N#CCC(=O)CCC1CCCCN(Cc2ccc(-c3ccccc3)cc2)c2ccccc2OCC1. The second-order valence-electron chi connectivity index (χ2n) is 9.36. The van der Waals surface area contributed by atoms with Gasteiger partial charge in [-0.25, -0.2) is 0 Å².